The lowest BCUT2D eigenvalue weighted by atomic mass is 10.0. The second kappa shape index (κ2) is 10.4. The molecule has 1 N–H and O–H groups in total. The van der Waals surface area contributed by atoms with Crippen LogP contribution in [0.1, 0.15) is 76.9 Å². The Morgan fingerprint density at radius 3 is 2.56 bits per heavy atom. The highest BCUT2D eigenvalue weighted by atomic mass is 32.1. The van der Waals surface area contributed by atoms with Crippen molar-refractivity contribution in [3.63, 3.8) is 0 Å². The zero-order valence-corrected chi connectivity index (χ0v) is 12.6. The normalized spacial score (nSPS) is 12.8. The molecule has 0 saturated heterocycles. The van der Waals surface area contributed by atoms with Crippen LogP contribution < -0.4 is 5.32 Å². The third kappa shape index (κ3) is 6.45. The monoisotopic (exact) mass is 269 g/mol. The van der Waals surface area contributed by atoms with Crippen molar-refractivity contribution >= 4 is 11.7 Å². The second-order valence-corrected chi connectivity index (χ2v) is 5.45. The molecule has 0 aliphatic heterocycles. The minimum absolute atomic E-state index is 0.412. The summed E-state index contributed by atoms with van der Waals surface area (Å²) in [4.78, 5) is 0. The predicted octanol–water partition coefficient (Wildman–Crippen LogP) is 4.33. The minimum Gasteiger partial charge on any atom is -0.309 e. The molecule has 1 aromatic heterocycles. The second-order valence-electron chi connectivity index (χ2n) is 4.90. The van der Waals surface area contributed by atoms with Crippen LogP contribution >= 0.6 is 11.7 Å². The molecule has 18 heavy (non-hydrogen) atoms. The van der Waals surface area contributed by atoms with E-state index in [0.29, 0.717) is 6.04 Å². The first-order chi connectivity index (χ1) is 8.88. The topological polar surface area (TPSA) is 37.8 Å². The fourth-order valence-corrected chi connectivity index (χ4v) is 2.60. The van der Waals surface area contributed by atoms with Crippen molar-refractivity contribution < 1.29 is 0 Å². The maximum atomic E-state index is 4.37. The Labute approximate surface area is 116 Å². The quantitative estimate of drug-likeness (QED) is 0.608. The van der Waals surface area contributed by atoms with Crippen molar-refractivity contribution in [2.45, 2.75) is 71.3 Å². The van der Waals surface area contributed by atoms with Gasteiger partial charge in [-0.1, -0.05) is 52.4 Å². The number of rotatable bonds is 11. The molecule has 1 unspecified atom stereocenters. The van der Waals surface area contributed by atoms with Crippen LogP contribution in [0.5, 0.6) is 0 Å². The molecule has 0 fully saturated rings. The van der Waals surface area contributed by atoms with Gasteiger partial charge in [0.2, 0.25) is 0 Å². The third-order valence-corrected chi connectivity index (χ3v) is 3.71. The molecule has 1 aromatic rings. The molecule has 0 saturated carbocycles. The van der Waals surface area contributed by atoms with E-state index < -0.39 is 0 Å². The van der Waals surface area contributed by atoms with Crippen molar-refractivity contribution in [1.29, 1.82) is 0 Å². The highest BCUT2D eigenvalue weighted by Gasteiger charge is 2.12. The zero-order chi connectivity index (χ0) is 13.1. The van der Waals surface area contributed by atoms with E-state index in [-0.39, 0.29) is 0 Å². The molecule has 0 aromatic carbocycles. The molecule has 0 aliphatic rings. The molecular formula is C14H27N3S. The van der Waals surface area contributed by atoms with E-state index in [9.17, 15) is 0 Å². The van der Waals surface area contributed by atoms with Crippen LogP contribution in [0.15, 0.2) is 6.20 Å². The largest absolute Gasteiger partial charge is 0.309 e. The highest BCUT2D eigenvalue weighted by molar-refractivity contribution is 6.99. The molecule has 1 atom stereocenters. The van der Waals surface area contributed by atoms with E-state index in [0.717, 1.165) is 12.2 Å². The van der Waals surface area contributed by atoms with Crippen molar-refractivity contribution in [3.8, 4) is 0 Å². The minimum atomic E-state index is 0.412. The number of hydrogen-bond donors (Lipinski definition) is 1. The van der Waals surface area contributed by atoms with Gasteiger partial charge >= 0.3 is 0 Å². The lowest BCUT2D eigenvalue weighted by Crippen LogP contribution is -2.22. The Bertz CT molecular complexity index is 275. The summed E-state index contributed by atoms with van der Waals surface area (Å²) >= 11 is 1.31. The number of aromatic nitrogens is 2. The Morgan fingerprint density at radius 1 is 1.11 bits per heavy atom. The van der Waals surface area contributed by atoms with Gasteiger partial charge in [-0.05, 0) is 19.4 Å². The molecular weight excluding hydrogens is 242 g/mol. The van der Waals surface area contributed by atoms with Gasteiger partial charge in [-0.3, -0.25) is 0 Å². The van der Waals surface area contributed by atoms with Crippen molar-refractivity contribution in [2.75, 3.05) is 6.54 Å². The van der Waals surface area contributed by atoms with E-state index in [4.69, 9.17) is 0 Å². The Kier molecular flexibility index (Phi) is 9.04. The SMILES string of the molecule is CCCCCCCCC(NCCC)c1cnsn1. The van der Waals surface area contributed by atoms with E-state index in [1.165, 1.54) is 63.1 Å². The first-order valence-electron chi connectivity index (χ1n) is 7.39. The van der Waals surface area contributed by atoms with Gasteiger partial charge in [0, 0.05) is 0 Å². The summed E-state index contributed by atoms with van der Waals surface area (Å²) in [7, 11) is 0. The van der Waals surface area contributed by atoms with E-state index in [1.54, 1.807) is 0 Å². The molecule has 1 heterocycles. The van der Waals surface area contributed by atoms with Crippen LogP contribution in [0.4, 0.5) is 0 Å². The number of hydrogen-bond acceptors (Lipinski definition) is 4. The molecule has 0 bridgehead atoms. The van der Waals surface area contributed by atoms with Gasteiger partial charge in [0.05, 0.1) is 29.7 Å². The lowest BCUT2D eigenvalue weighted by Gasteiger charge is -2.15. The number of unbranched alkanes of at least 4 members (excludes halogenated alkanes) is 5. The summed E-state index contributed by atoms with van der Waals surface area (Å²) in [5.41, 5.74) is 1.13. The van der Waals surface area contributed by atoms with Crippen LogP contribution in [0.25, 0.3) is 0 Å². The fourth-order valence-electron chi connectivity index (χ4n) is 2.13. The molecule has 0 aliphatic carbocycles. The van der Waals surface area contributed by atoms with Gasteiger partial charge in [0.15, 0.2) is 0 Å². The summed E-state index contributed by atoms with van der Waals surface area (Å²) in [6.45, 7) is 5.53. The first kappa shape index (κ1) is 15.6. The average Bonchev–Trinajstić information content (AvgIpc) is 2.91. The van der Waals surface area contributed by atoms with Crippen LogP contribution in [0.3, 0.4) is 0 Å². The molecule has 104 valence electrons. The van der Waals surface area contributed by atoms with Crippen LogP contribution in [-0.4, -0.2) is 15.3 Å². The van der Waals surface area contributed by atoms with E-state index in [1.807, 2.05) is 6.20 Å². The summed E-state index contributed by atoms with van der Waals surface area (Å²) in [6.07, 6.45) is 12.4. The van der Waals surface area contributed by atoms with Gasteiger partial charge in [0.25, 0.3) is 0 Å². The van der Waals surface area contributed by atoms with Crippen molar-refractivity contribution in [1.82, 2.24) is 14.1 Å². The Balaban J connectivity index is 2.20. The standard InChI is InChI=1S/C14H27N3S/c1-3-5-6-7-8-9-10-13(15-11-4-2)14-12-16-18-17-14/h12-13,15H,3-11H2,1-2H3. The molecule has 4 heteroatoms. The highest BCUT2D eigenvalue weighted by Crippen LogP contribution is 2.19. The van der Waals surface area contributed by atoms with Crippen molar-refractivity contribution in [3.05, 3.63) is 11.9 Å². The van der Waals surface area contributed by atoms with Crippen LogP contribution in [0.2, 0.25) is 0 Å². The predicted molar refractivity (Wildman–Crippen MR) is 78.9 cm³/mol. The number of nitrogens with one attached hydrogen (secondary N) is 1. The van der Waals surface area contributed by atoms with Gasteiger partial charge in [-0.15, -0.1) is 0 Å². The van der Waals surface area contributed by atoms with Gasteiger partial charge < -0.3 is 5.32 Å². The Hall–Kier alpha value is -0.480. The van der Waals surface area contributed by atoms with Crippen molar-refractivity contribution in [2.24, 2.45) is 0 Å². The molecule has 0 amide bonds. The van der Waals surface area contributed by atoms with Crippen LogP contribution in [-0.2, 0) is 0 Å². The summed E-state index contributed by atoms with van der Waals surface area (Å²) in [5.74, 6) is 0. The molecule has 1 rings (SSSR count). The lowest BCUT2D eigenvalue weighted by molar-refractivity contribution is 0.460. The molecule has 3 nitrogen and oxygen atoms in total. The van der Waals surface area contributed by atoms with E-state index in [2.05, 4.69) is 27.9 Å². The summed E-state index contributed by atoms with van der Waals surface area (Å²) < 4.78 is 8.48. The molecule has 0 spiro atoms. The smallest absolute Gasteiger partial charge is 0.0912 e. The first-order valence-corrected chi connectivity index (χ1v) is 8.12. The maximum Gasteiger partial charge on any atom is 0.0912 e. The summed E-state index contributed by atoms with van der Waals surface area (Å²) in [5, 5.41) is 3.58. The fraction of sp³-hybridized carbons (Fsp3) is 0.857. The summed E-state index contributed by atoms with van der Waals surface area (Å²) in [6, 6.07) is 0.412. The van der Waals surface area contributed by atoms with Gasteiger partial charge in [-0.2, -0.15) is 8.75 Å². The van der Waals surface area contributed by atoms with E-state index >= 15 is 0 Å². The van der Waals surface area contributed by atoms with Gasteiger partial charge in [-0.25, -0.2) is 0 Å². The Morgan fingerprint density at radius 2 is 1.89 bits per heavy atom. The van der Waals surface area contributed by atoms with Crippen LogP contribution in [0, 0.1) is 0 Å². The maximum absolute atomic E-state index is 4.37. The number of nitrogens with zero attached hydrogens (tertiary/aromatic N) is 2. The molecule has 0 radical (unpaired) electrons. The van der Waals surface area contributed by atoms with Gasteiger partial charge in [0.1, 0.15) is 0 Å². The third-order valence-electron chi connectivity index (χ3n) is 3.22. The average molecular weight is 269 g/mol. The zero-order valence-electron chi connectivity index (χ0n) is 11.8.